The van der Waals surface area contributed by atoms with Gasteiger partial charge in [0.05, 0.1) is 16.9 Å². The molecule has 0 atom stereocenters. The topological polar surface area (TPSA) is 132 Å². The number of anilines is 3. The lowest BCUT2D eigenvalue weighted by Gasteiger charge is -2.33. The maximum atomic E-state index is 12.4. The summed E-state index contributed by atoms with van der Waals surface area (Å²) >= 11 is 0. The van der Waals surface area contributed by atoms with Crippen molar-refractivity contribution in [3.63, 3.8) is 0 Å². The molecule has 1 amide bonds. The van der Waals surface area contributed by atoms with Crippen molar-refractivity contribution in [1.29, 1.82) is 0 Å². The maximum absolute atomic E-state index is 12.4. The molecule has 0 bridgehead atoms. The third-order valence-corrected chi connectivity index (χ3v) is 7.37. The summed E-state index contributed by atoms with van der Waals surface area (Å²) in [6, 6.07) is 10.8. The molecular formula is C30H36N8O3. The van der Waals surface area contributed by atoms with Crippen LogP contribution in [0.15, 0.2) is 41.3 Å². The van der Waals surface area contributed by atoms with Gasteiger partial charge in [0.25, 0.3) is 0 Å². The summed E-state index contributed by atoms with van der Waals surface area (Å²) in [7, 11) is 0. The van der Waals surface area contributed by atoms with E-state index >= 15 is 0 Å². The van der Waals surface area contributed by atoms with Crippen molar-refractivity contribution in [2.45, 2.75) is 64.0 Å². The number of rotatable bonds is 6. The molecule has 6 rings (SSSR count). The molecule has 0 radical (unpaired) electrons. The summed E-state index contributed by atoms with van der Waals surface area (Å²) in [4.78, 5) is 36.2. The molecule has 1 aromatic carbocycles. The van der Waals surface area contributed by atoms with Crippen molar-refractivity contribution < 1.29 is 9.53 Å². The van der Waals surface area contributed by atoms with Crippen molar-refractivity contribution in [2.24, 2.45) is 0 Å². The van der Waals surface area contributed by atoms with Crippen LogP contribution in [0.5, 0.6) is 0 Å². The molecule has 4 heterocycles. The summed E-state index contributed by atoms with van der Waals surface area (Å²) in [5.74, 6) is 1.94. The van der Waals surface area contributed by atoms with Gasteiger partial charge in [-0.3, -0.25) is 0 Å². The molecule has 2 fully saturated rings. The Kier molecular flexibility index (Phi) is 6.80. The number of nitrogens with one attached hydrogen (secondary N) is 4. The predicted octanol–water partition coefficient (Wildman–Crippen LogP) is 3.42. The zero-order valence-corrected chi connectivity index (χ0v) is 23.7. The fourth-order valence-electron chi connectivity index (χ4n) is 5.11. The van der Waals surface area contributed by atoms with Gasteiger partial charge in [0.1, 0.15) is 17.2 Å². The van der Waals surface area contributed by atoms with E-state index in [0.29, 0.717) is 47.2 Å². The van der Waals surface area contributed by atoms with E-state index < -0.39 is 5.60 Å². The van der Waals surface area contributed by atoms with E-state index in [1.807, 2.05) is 32.9 Å². The summed E-state index contributed by atoms with van der Waals surface area (Å²) in [6.45, 7) is 11.0. The van der Waals surface area contributed by atoms with Gasteiger partial charge in [-0.2, -0.15) is 9.61 Å². The van der Waals surface area contributed by atoms with Crippen molar-refractivity contribution in [3.05, 3.63) is 68.8 Å². The van der Waals surface area contributed by atoms with Crippen LogP contribution in [0, 0.1) is 0 Å². The third-order valence-electron chi connectivity index (χ3n) is 7.37. The molecule has 4 aromatic rings. The molecule has 214 valence electrons. The highest BCUT2D eigenvalue weighted by Crippen LogP contribution is 2.31. The fourth-order valence-corrected chi connectivity index (χ4v) is 5.11. The van der Waals surface area contributed by atoms with Crippen LogP contribution in [0.1, 0.15) is 63.5 Å². The number of piperidine rings is 1. The zero-order chi connectivity index (χ0) is 28.7. The molecule has 11 heteroatoms. The van der Waals surface area contributed by atoms with Crippen molar-refractivity contribution in [2.75, 3.05) is 23.7 Å². The molecule has 11 nitrogen and oxygen atoms in total. The Bertz CT molecular complexity index is 1730. The Morgan fingerprint density at radius 1 is 1.12 bits per heavy atom. The van der Waals surface area contributed by atoms with Crippen molar-refractivity contribution in [3.8, 4) is 0 Å². The summed E-state index contributed by atoms with van der Waals surface area (Å²) in [5.41, 5.74) is 2.82. The summed E-state index contributed by atoms with van der Waals surface area (Å²) in [5, 5.41) is 12.7. The monoisotopic (exact) mass is 556 g/mol. The Hall–Kier alpha value is -4.54. The van der Waals surface area contributed by atoms with Crippen LogP contribution in [0.25, 0.3) is 18.3 Å². The van der Waals surface area contributed by atoms with Crippen molar-refractivity contribution in [1.82, 2.24) is 29.5 Å². The van der Waals surface area contributed by atoms with E-state index in [1.54, 1.807) is 15.6 Å². The highest BCUT2D eigenvalue weighted by Gasteiger charge is 2.27. The summed E-state index contributed by atoms with van der Waals surface area (Å²) in [6.07, 6.45) is 7.38. The highest BCUT2D eigenvalue weighted by molar-refractivity contribution is 5.71. The second-order valence-corrected chi connectivity index (χ2v) is 11.9. The Balaban J connectivity index is 1.19. The van der Waals surface area contributed by atoms with Gasteiger partial charge >= 0.3 is 11.8 Å². The summed E-state index contributed by atoms with van der Waals surface area (Å²) < 4.78 is 7.32. The smallest absolute Gasteiger partial charge is 0.410 e. The zero-order valence-electron chi connectivity index (χ0n) is 23.7. The van der Waals surface area contributed by atoms with E-state index in [2.05, 4.69) is 56.5 Å². The first kappa shape index (κ1) is 26.7. The van der Waals surface area contributed by atoms with Crippen LogP contribution >= 0.6 is 0 Å². The van der Waals surface area contributed by atoms with Crippen LogP contribution in [0.3, 0.4) is 0 Å². The third kappa shape index (κ3) is 6.13. The number of carbonyl (C=O) groups excluding carboxylic acids is 1. The highest BCUT2D eigenvalue weighted by atomic mass is 16.6. The number of ether oxygens (including phenoxy) is 1. The van der Waals surface area contributed by atoms with Gasteiger partial charge in [-0.1, -0.05) is 18.7 Å². The SMILES string of the molecule is C=c1[nH]c(=O)[nH]/c1=C\c1cnn2c(NC3CC3)cc(Nc3ccc(C4CCN(C(=O)OC(C)(C)C)CC4)cc3)nc12. The van der Waals surface area contributed by atoms with Gasteiger partial charge in [-0.25, -0.2) is 14.6 Å². The first-order chi connectivity index (χ1) is 19.6. The van der Waals surface area contributed by atoms with Crippen molar-refractivity contribution >= 4 is 41.7 Å². The molecule has 1 aliphatic heterocycles. The number of H-pyrrole nitrogens is 2. The minimum Gasteiger partial charge on any atom is -0.444 e. The molecule has 2 aliphatic rings. The number of hydrogen-bond donors (Lipinski definition) is 4. The van der Waals surface area contributed by atoms with Crippen LogP contribution in [0.2, 0.25) is 0 Å². The molecule has 1 saturated heterocycles. The van der Waals surface area contributed by atoms with Gasteiger partial charge in [-0.15, -0.1) is 0 Å². The van der Waals surface area contributed by atoms with E-state index in [9.17, 15) is 9.59 Å². The number of imidazole rings is 1. The average molecular weight is 557 g/mol. The molecule has 4 N–H and O–H groups in total. The Labute approximate surface area is 237 Å². The van der Waals surface area contributed by atoms with Gasteiger partial charge in [-0.05, 0) is 76.1 Å². The van der Waals surface area contributed by atoms with Gasteiger partial charge in [0.2, 0.25) is 0 Å². The van der Waals surface area contributed by atoms with Gasteiger partial charge in [0, 0.05) is 36.4 Å². The minimum absolute atomic E-state index is 0.234. The minimum atomic E-state index is -0.484. The fraction of sp³-hybridized carbons (Fsp3) is 0.400. The number of aromatic nitrogens is 5. The number of aromatic amines is 2. The predicted molar refractivity (Wildman–Crippen MR) is 159 cm³/mol. The van der Waals surface area contributed by atoms with E-state index in [0.717, 1.165) is 42.8 Å². The first-order valence-corrected chi connectivity index (χ1v) is 14.1. The second kappa shape index (κ2) is 10.5. The molecule has 41 heavy (non-hydrogen) atoms. The lowest BCUT2D eigenvalue weighted by atomic mass is 9.89. The van der Waals surface area contributed by atoms with Crippen LogP contribution in [0.4, 0.5) is 22.1 Å². The molecule has 3 aromatic heterocycles. The molecule has 1 aliphatic carbocycles. The Morgan fingerprint density at radius 2 is 1.85 bits per heavy atom. The number of carbonyl (C=O) groups is 1. The largest absolute Gasteiger partial charge is 0.444 e. The number of amides is 1. The van der Waals surface area contributed by atoms with E-state index in [-0.39, 0.29) is 11.8 Å². The van der Waals surface area contributed by atoms with E-state index in [4.69, 9.17) is 9.72 Å². The first-order valence-electron chi connectivity index (χ1n) is 14.1. The van der Waals surface area contributed by atoms with E-state index in [1.165, 1.54) is 5.56 Å². The second-order valence-electron chi connectivity index (χ2n) is 11.9. The Morgan fingerprint density at radius 3 is 2.49 bits per heavy atom. The molecular weight excluding hydrogens is 520 g/mol. The van der Waals surface area contributed by atoms with Crippen LogP contribution < -0.4 is 27.0 Å². The molecule has 1 saturated carbocycles. The molecule has 0 spiro atoms. The number of nitrogens with zero attached hydrogens (tertiary/aromatic N) is 4. The standard InChI is InChI=1S/C30H36N8O3/c1-18-24(35-28(39)32-18)15-21-17-31-38-26(34-23-9-10-23)16-25(36-27(21)38)33-22-7-5-19(6-8-22)20-11-13-37(14-12-20)29(40)41-30(2,3)4/h5-8,15-17,20,23,34H,1,9-14H2,2-4H3,(H,33,36)(H2,32,35,39)/b24-15-. The van der Waals surface area contributed by atoms with Crippen LogP contribution in [-0.4, -0.2) is 60.3 Å². The lowest BCUT2D eigenvalue weighted by Crippen LogP contribution is -2.41. The van der Waals surface area contributed by atoms with Gasteiger partial charge in [0.15, 0.2) is 5.65 Å². The lowest BCUT2D eigenvalue weighted by molar-refractivity contribution is 0.0205. The van der Waals surface area contributed by atoms with Crippen LogP contribution in [-0.2, 0) is 4.74 Å². The number of hydrogen-bond acceptors (Lipinski definition) is 7. The number of benzene rings is 1. The van der Waals surface area contributed by atoms with Gasteiger partial charge < -0.3 is 30.2 Å². The molecule has 0 unspecified atom stereocenters. The number of fused-ring (bicyclic) bond motifs is 1. The number of likely N-dealkylation sites (tertiary alicyclic amines) is 1. The quantitative estimate of drug-likeness (QED) is 0.286. The average Bonchev–Trinajstić information content (AvgIpc) is 3.56. The normalized spacial score (nSPS) is 16.8. The maximum Gasteiger partial charge on any atom is 0.410 e.